The first-order valence-corrected chi connectivity index (χ1v) is 7.16. The first-order valence-electron chi connectivity index (χ1n) is 7.16. The Kier molecular flexibility index (Phi) is 3.87. The van der Waals surface area contributed by atoms with E-state index < -0.39 is 0 Å². The molecular formula is C15H19FN2O2. The highest BCUT2D eigenvalue weighted by Gasteiger charge is 2.24. The SMILES string of the molecule is O=C(NC[C@H]1CCCO1)N[C@H]1CCc2cc(F)ccc21. The Bertz CT molecular complexity index is 501. The monoisotopic (exact) mass is 278 g/mol. The van der Waals surface area contributed by atoms with Crippen LogP contribution >= 0.6 is 0 Å². The average Bonchev–Trinajstić information content (AvgIpc) is 3.06. The van der Waals surface area contributed by atoms with E-state index in [9.17, 15) is 9.18 Å². The van der Waals surface area contributed by atoms with Gasteiger partial charge < -0.3 is 15.4 Å². The van der Waals surface area contributed by atoms with Gasteiger partial charge in [0.15, 0.2) is 0 Å². The van der Waals surface area contributed by atoms with Crippen LogP contribution in [-0.2, 0) is 11.2 Å². The molecule has 0 spiro atoms. The molecule has 1 saturated heterocycles. The molecule has 3 rings (SSSR count). The molecule has 1 heterocycles. The van der Waals surface area contributed by atoms with Gasteiger partial charge in [0.05, 0.1) is 12.1 Å². The molecule has 20 heavy (non-hydrogen) atoms. The number of urea groups is 1. The van der Waals surface area contributed by atoms with Gasteiger partial charge in [0.1, 0.15) is 5.82 Å². The summed E-state index contributed by atoms with van der Waals surface area (Å²) in [5, 5.41) is 5.79. The zero-order valence-electron chi connectivity index (χ0n) is 11.3. The smallest absolute Gasteiger partial charge is 0.315 e. The molecule has 1 aliphatic heterocycles. The highest BCUT2D eigenvalue weighted by atomic mass is 19.1. The highest BCUT2D eigenvalue weighted by molar-refractivity contribution is 5.74. The van der Waals surface area contributed by atoms with Gasteiger partial charge in [-0.15, -0.1) is 0 Å². The fourth-order valence-corrected chi connectivity index (χ4v) is 2.96. The highest BCUT2D eigenvalue weighted by Crippen LogP contribution is 2.31. The van der Waals surface area contributed by atoms with E-state index in [0.717, 1.165) is 43.4 Å². The lowest BCUT2D eigenvalue weighted by Crippen LogP contribution is -2.40. The Hall–Kier alpha value is -1.62. The Morgan fingerprint density at radius 3 is 3.10 bits per heavy atom. The van der Waals surface area contributed by atoms with Crippen molar-refractivity contribution in [1.82, 2.24) is 10.6 Å². The quantitative estimate of drug-likeness (QED) is 0.891. The minimum atomic E-state index is -0.216. The summed E-state index contributed by atoms with van der Waals surface area (Å²) in [6, 6.07) is 4.57. The first-order chi connectivity index (χ1) is 9.72. The van der Waals surface area contributed by atoms with Crippen LogP contribution in [0.5, 0.6) is 0 Å². The van der Waals surface area contributed by atoms with Crippen LogP contribution in [-0.4, -0.2) is 25.3 Å². The van der Waals surface area contributed by atoms with Crippen molar-refractivity contribution in [2.75, 3.05) is 13.2 Å². The maximum Gasteiger partial charge on any atom is 0.315 e. The van der Waals surface area contributed by atoms with Gasteiger partial charge in [-0.1, -0.05) is 6.07 Å². The molecule has 0 unspecified atom stereocenters. The zero-order chi connectivity index (χ0) is 13.9. The predicted octanol–water partition coefficient (Wildman–Crippen LogP) is 2.29. The third-order valence-corrected chi connectivity index (χ3v) is 4.00. The van der Waals surface area contributed by atoms with Gasteiger partial charge in [-0.3, -0.25) is 0 Å². The molecular weight excluding hydrogens is 259 g/mol. The van der Waals surface area contributed by atoms with E-state index in [1.165, 1.54) is 6.07 Å². The topological polar surface area (TPSA) is 50.4 Å². The minimum absolute atomic E-state index is 0.0184. The molecule has 5 heteroatoms. The number of fused-ring (bicyclic) bond motifs is 1. The molecule has 4 nitrogen and oxygen atoms in total. The number of rotatable bonds is 3. The average molecular weight is 278 g/mol. The number of ether oxygens (including phenoxy) is 1. The number of aryl methyl sites for hydroxylation is 1. The summed E-state index contributed by atoms with van der Waals surface area (Å²) in [5.41, 5.74) is 2.02. The molecule has 108 valence electrons. The van der Waals surface area contributed by atoms with Gasteiger partial charge in [-0.05, 0) is 48.9 Å². The third kappa shape index (κ3) is 2.93. The van der Waals surface area contributed by atoms with Crippen molar-refractivity contribution in [2.24, 2.45) is 0 Å². The fraction of sp³-hybridized carbons (Fsp3) is 0.533. The number of amides is 2. The second-order valence-corrected chi connectivity index (χ2v) is 5.42. The lowest BCUT2D eigenvalue weighted by atomic mass is 10.1. The maximum atomic E-state index is 13.1. The van der Waals surface area contributed by atoms with Crippen LogP contribution in [0.25, 0.3) is 0 Å². The number of carbonyl (C=O) groups is 1. The molecule has 1 aromatic carbocycles. The van der Waals surface area contributed by atoms with E-state index in [0.29, 0.717) is 6.54 Å². The third-order valence-electron chi connectivity index (χ3n) is 4.00. The number of carbonyl (C=O) groups excluding carboxylic acids is 1. The van der Waals surface area contributed by atoms with Gasteiger partial charge in [-0.25, -0.2) is 9.18 Å². The molecule has 0 radical (unpaired) electrons. The predicted molar refractivity (Wildman–Crippen MR) is 73.0 cm³/mol. The van der Waals surface area contributed by atoms with E-state index in [-0.39, 0.29) is 24.0 Å². The lowest BCUT2D eigenvalue weighted by Gasteiger charge is -2.16. The number of halogens is 1. The minimum Gasteiger partial charge on any atom is -0.376 e. The van der Waals surface area contributed by atoms with Crippen molar-refractivity contribution in [3.8, 4) is 0 Å². The number of benzene rings is 1. The van der Waals surface area contributed by atoms with Crippen LogP contribution in [0.15, 0.2) is 18.2 Å². The Morgan fingerprint density at radius 1 is 1.40 bits per heavy atom. The summed E-state index contributed by atoms with van der Waals surface area (Å²) in [7, 11) is 0. The largest absolute Gasteiger partial charge is 0.376 e. The fourth-order valence-electron chi connectivity index (χ4n) is 2.96. The van der Waals surface area contributed by atoms with Gasteiger partial charge >= 0.3 is 6.03 Å². The normalized spacial score (nSPS) is 24.4. The summed E-state index contributed by atoms with van der Waals surface area (Å²) < 4.78 is 18.6. The van der Waals surface area contributed by atoms with Gasteiger partial charge in [0.25, 0.3) is 0 Å². The van der Waals surface area contributed by atoms with E-state index in [1.54, 1.807) is 12.1 Å². The molecule has 1 fully saturated rings. The van der Waals surface area contributed by atoms with Gasteiger partial charge in [0.2, 0.25) is 0 Å². The second kappa shape index (κ2) is 5.79. The number of nitrogens with one attached hydrogen (secondary N) is 2. The van der Waals surface area contributed by atoms with Gasteiger partial charge in [0, 0.05) is 13.2 Å². The van der Waals surface area contributed by atoms with Crippen LogP contribution in [0.4, 0.5) is 9.18 Å². The van der Waals surface area contributed by atoms with Crippen molar-refractivity contribution >= 4 is 6.03 Å². The molecule has 0 saturated carbocycles. The molecule has 1 aliphatic carbocycles. The summed E-state index contributed by atoms with van der Waals surface area (Å²) >= 11 is 0. The molecule has 2 amide bonds. The van der Waals surface area contributed by atoms with Crippen molar-refractivity contribution in [3.63, 3.8) is 0 Å². The zero-order valence-corrected chi connectivity index (χ0v) is 11.3. The summed E-state index contributed by atoms with van der Waals surface area (Å²) in [6.07, 6.45) is 3.85. The van der Waals surface area contributed by atoms with Crippen LogP contribution in [0.3, 0.4) is 0 Å². The molecule has 2 atom stereocenters. The maximum absolute atomic E-state index is 13.1. The summed E-state index contributed by atoms with van der Waals surface area (Å²) in [6.45, 7) is 1.34. The standard InChI is InChI=1S/C15H19FN2O2/c16-11-4-5-13-10(8-11)3-6-14(13)18-15(19)17-9-12-2-1-7-20-12/h4-5,8,12,14H,1-3,6-7,9H2,(H2,17,18,19)/t12-,14+/m1/s1. The number of hydrogen-bond donors (Lipinski definition) is 2. The van der Waals surface area contributed by atoms with Crippen LogP contribution < -0.4 is 10.6 Å². The molecule has 0 aromatic heterocycles. The summed E-state index contributed by atoms with van der Waals surface area (Å²) in [4.78, 5) is 11.9. The van der Waals surface area contributed by atoms with E-state index in [2.05, 4.69) is 10.6 Å². The lowest BCUT2D eigenvalue weighted by molar-refractivity contribution is 0.111. The van der Waals surface area contributed by atoms with Crippen molar-refractivity contribution < 1.29 is 13.9 Å². The van der Waals surface area contributed by atoms with Crippen LogP contribution in [0.1, 0.15) is 36.4 Å². The molecule has 2 N–H and O–H groups in total. The van der Waals surface area contributed by atoms with Crippen LogP contribution in [0, 0.1) is 5.82 Å². The van der Waals surface area contributed by atoms with Gasteiger partial charge in [-0.2, -0.15) is 0 Å². The Balaban J connectivity index is 1.52. The van der Waals surface area contributed by atoms with E-state index in [1.807, 2.05) is 0 Å². The van der Waals surface area contributed by atoms with E-state index >= 15 is 0 Å². The molecule has 1 aromatic rings. The Morgan fingerprint density at radius 2 is 2.30 bits per heavy atom. The van der Waals surface area contributed by atoms with E-state index in [4.69, 9.17) is 4.74 Å². The second-order valence-electron chi connectivity index (χ2n) is 5.42. The van der Waals surface area contributed by atoms with Crippen LogP contribution in [0.2, 0.25) is 0 Å². The molecule has 2 aliphatic rings. The Labute approximate surface area is 117 Å². The summed E-state index contributed by atoms with van der Waals surface area (Å²) in [5.74, 6) is -0.216. The first kappa shape index (κ1) is 13.4. The molecule has 0 bridgehead atoms. The van der Waals surface area contributed by atoms with Crippen molar-refractivity contribution in [2.45, 2.75) is 37.8 Å². The van der Waals surface area contributed by atoms with Crippen molar-refractivity contribution in [3.05, 3.63) is 35.1 Å². The van der Waals surface area contributed by atoms with Crippen molar-refractivity contribution in [1.29, 1.82) is 0 Å². The number of hydrogen-bond acceptors (Lipinski definition) is 2.